The van der Waals surface area contributed by atoms with Crippen LogP contribution in [0.5, 0.6) is 0 Å². The maximum absolute atomic E-state index is 13.4. The molecule has 2 N–H and O–H groups in total. The highest BCUT2D eigenvalue weighted by Crippen LogP contribution is 2.30. The molecule has 0 spiro atoms. The Balaban J connectivity index is 1.31. The van der Waals surface area contributed by atoms with Gasteiger partial charge in [-0.15, -0.1) is 11.3 Å². The Hall–Kier alpha value is -4.05. The Kier molecular flexibility index (Phi) is 5.96. The molecule has 3 aromatic heterocycles. The quantitative estimate of drug-likeness (QED) is 0.420. The first-order chi connectivity index (χ1) is 18.0. The van der Waals surface area contributed by atoms with Gasteiger partial charge in [0.1, 0.15) is 11.5 Å². The number of hydrogen-bond donors (Lipinski definition) is 2. The summed E-state index contributed by atoms with van der Waals surface area (Å²) in [5.41, 5.74) is 3.85. The Labute approximate surface area is 217 Å². The van der Waals surface area contributed by atoms with E-state index in [9.17, 15) is 14.4 Å². The van der Waals surface area contributed by atoms with Gasteiger partial charge in [0.25, 0.3) is 5.56 Å². The third-order valence-corrected chi connectivity index (χ3v) is 7.82. The van der Waals surface area contributed by atoms with Gasteiger partial charge in [0.05, 0.1) is 16.5 Å². The highest BCUT2D eigenvalue weighted by Gasteiger charge is 2.36. The second-order valence-corrected chi connectivity index (χ2v) is 10.5. The minimum absolute atomic E-state index is 0.0841. The topological polar surface area (TPSA) is 113 Å². The van der Waals surface area contributed by atoms with Crippen LogP contribution >= 0.6 is 11.3 Å². The molecule has 2 aliphatic rings. The van der Waals surface area contributed by atoms with Crippen LogP contribution in [0.25, 0.3) is 16.5 Å². The first-order valence-electron chi connectivity index (χ1n) is 12.4. The van der Waals surface area contributed by atoms with Gasteiger partial charge in [0.2, 0.25) is 17.8 Å². The zero-order valence-corrected chi connectivity index (χ0v) is 21.2. The number of aromatic nitrogens is 4. The van der Waals surface area contributed by atoms with E-state index in [1.807, 2.05) is 48.7 Å². The van der Waals surface area contributed by atoms with E-state index in [0.29, 0.717) is 24.5 Å². The van der Waals surface area contributed by atoms with Crippen molar-refractivity contribution in [3.05, 3.63) is 75.0 Å². The number of benzene rings is 1. The molecule has 10 heteroatoms. The molecule has 9 nitrogen and oxygen atoms in total. The van der Waals surface area contributed by atoms with Gasteiger partial charge >= 0.3 is 0 Å². The molecule has 1 aromatic carbocycles. The normalized spacial score (nSPS) is 17.2. The van der Waals surface area contributed by atoms with E-state index in [1.54, 1.807) is 11.0 Å². The molecule has 0 bridgehead atoms. The van der Waals surface area contributed by atoms with Gasteiger partial charge in [-0.2, -0.15) is 9.78 Å². The zero-order chi connectivity index (χ0) is 25.5. The summed E-state index contributed by atoms with van der Waals surface area (Å²) in [6.07, 6.45) is 3.54. The van der Waals surface area contributed by atoms with Gasteiger partial charge in [-0.05, 0) is 61.7 Å². The number of anilines is 2. The molecule has 0 radical (unpaired) electrons. The molecular weight excluding hydrogens is 488 g/mol. The van der Waals surface area contributed by atoms with Crippen molar-refractivity contribution in [1.82, 2.24) is 19.7 Å². The molecule has 1 fully saturated rings. The fourth-order valence-corrected chi connectivity index (χ4v) is 5.71. The van der Waals surface area contributed by atoms with Crippen molar-refractivity contribution < 1.29 is 9.59 Å². The molecule has 4 heterocycles. The Morgan fingerprint density at radius 1 is 1.14 bits per heavy atom. The lowest BCUT2D eigenvalue weighted by atomic mass is 9.97. The molecule has 188 valence electrons. The van der Waals surface area contributed by atoms with E-state index in [-0.39, 0.29) is 29.7 Å². The van der Waals surface area contributed by atoms with E-state index in [2.05, 4.69) is 15.4 Å². The van der Waals surface area contributed by atoms with Gasteiger partial charge < -0.3 is 10.2 Å². The lowest BCUT2D eigenvalue weighted by Crippen LogP contribution is -2.29. The number of hydrogen-bond acceptors (Lipinski definition) is 6. The first-order valence-corrected chi connectivity index (χ1v) is 13.3. The summed E-state index contributed by atoms with van der Waals surface area (Å²) < 4.78 is 1.48. The molecule has 0 saturated carbocycles. The van der Waals surface area contributed by atoms with E-state index in [4.69, 9.17) is 4.98 Å². The molecule has 1 unspecified atom stereocenters. The molecule has 1 atom stereocenters. The van der Waals surface area contributed by atoms with Gasteiger partial charge in [-0.1, -0.05) is 18.2 Å². The summed E-state index contributed by atoms with van der Waals surface area (Å²) in [6.45, 7) is 2.27. The van der Waals surface area contributed by atoms with Crippen LogP contribution in [0, 0.1) is 12.8 Å². The fraction of sp³-hybridized carbons (Fsp3) is 0.296. The number of fused-ring (bicyclic) bond motifs is 1. The number of aromatic amines is 1. The maximum Gasteiger partial charge on any atom is 0.255 e. The van der Waals surface area contributed by atoms with Crippen LogP contribution < -0.4 is 15.8 Å². The number of rotatable bonds is 5. The lowest BCUT2D eigenvalue weighted by molar-refractivity contribution is -0.122. The van der Waals surface area contributed by atoms with Crippen LogP contribution in [0.15, 0.2) is 52.6 Å². The van der Waals surface area contributed by atoms with Crippen molar-refractivity contribution in [1.29, 1.82) is 0 Å². The van der Waals surface area contributed by atoms with Crippen LogP contribution in [-0.4, -0.2) is 38.1 Å². The zero-order valence-electron chi connectivity index (χ0n) is 20.4. The summed E-state index contributed by atoms with van der Waals surface area (Å²) >= 11 is 1.53. The molecule has 6 rings (SSSR count). The van der Waals surface area contributed by atoms with E-state index < -0.39 is 5.92 Å². The van der Waals surface area contributed by atoms with Crippen LogP contribution in [-0.2, 0) is 22.4 Å². The first kappa shape index (κ1) is 23.4. The van der Waals surface area contributed by atoms with Gasteiger partial charge in [0, 0.05) is 30.3 Å². The summed E-state index contributed by atoms with van der Waals surface area (Å²) in [7, 11) is 0. The third-order valence-electron chi connectivity index (χ3n) is 6.92. The predicted octanol–water partition coefficient (Wildman–Crippen LogP) is 3.86. The summed E-state index contributed by atoms with van der Waals surface area (Å²) in [6, 6.07) is 13.4. The highest BCUT2D eigenvalue weighted by molar-refractivity contribution is 7.13. The molecule has 4 aromatic rings. The van der Waals surface area contributed by atoms with E-state index in [0.717, 1.165) is 46.6 Å². The number of amides is 2. The van der Waals surface area contributed by atoms with Gasteiger partial charge in [0.15, 0.2) is 0 Å². The molecule has 1 aliphatic carbocycles. The molecule has 2 amide bonds. The van der Waals surface area contributed by atoms with Crippen LogP contribution in [0.2, 0.25) is 0 Å². The monoisotopic (exact) mass is 514 g/mol. The van der Waals surface area contributed by atoms with Crippen molar-refractivity contribution in [2.75, 3.05) is 16.8 Å². The standard InChI is InChI=1S/C27H26N6O3S/c1-16-6-4-7-18(12-16)32-15-17(13-24(32)34)25(35)29-23-14-21(22-10-5-11-37-22)31-33(23)27-28-20-9-3-2-8-19(20)26(36)30-27/h4-7,10-12,14,17H,2-3,8-9,13,15H2,1H3,(H,29,35)(H,28,30,36). The molecule has 1 saturated heterocycles. The summed E-state index contributed by atoms with van der Waals surface area (Å²) in [5, 5.41) is 9.60. The van der Waals surface area contributed by atoms with Crippen molar-refractivity contribution in [3.8, 4) is 16.5 Å². The van der Waals surface area contributed by atoms with Crippen molar-refractivity contribution >= 4 is 34.7 Å². The Bertz CT molecular complexity index is 1550. The van der Waals surface area contributed by atoms with E-state index in [1.165, 1.54) is 16.0 Å². The second kappa shape index (κ2) is 9.44. The average Bonchev–Trinajstić information content (AvgIpc) is 3.64. The number of H-pyrrole nitrogens is 1. The average molecular weight is 515 g/mol. The number of nitrogens with zero attached hydrogens (tertiary/aromatic N) is 4. The Morgan fingerprint density at radius 3 is 2.81 bits per heavy atom. The smallest absolute Gasteiger partial charge is 0.255 e. The summed E-state index contributed by atoms with van der Waals surface area (Å²) in [4.78, 5) is 49.1. The van der Waals surface area contributed by atoms with Crippen LogP contribution in [0.1, 0.15) is 36.1 Å². The van der Waals surface area contributed by atoms with Gasteiger partial charge in [-0.3, -0.25) is 19.4 Å². The number of carbonyl (C=O) groups excluding carboxylic acids is 2. The minimum Gasteiger partial charge on any atom is -0.312 e. The number of thiophene rings is 1. The fourth-order valence-electron chi connectivity index (χ4n) is 5.02. The highest BCUT2D eigenvalue weighted by atomic mass is 32.1. The lowest BCUT2D eigenvalue weighted by Gasteiger charge is -2.17. The van der Waals surface area contributed by atoms with Crippen molar-refractivity contribution in [2.45, 2.75) is 39.0 Å². The number of carbonyl (C=O) groups is 2. The van der Waals surface area contributed by atoms with Gasteiger partial charge in [-0.25, -0.2) is 4.98 Å². The van der Waals surface area contributed by atoms with E-state index >= 15 is 0 Å². The van der Waals surface area contributed by atoms with Crippen LogP contribution in [0.3, 0.4) is 0 Å². The summed E-state index contributed by atoms with van der Waals surface area (Å²) in [5.74, 6) is -0.208. The number of nitrogens with one attached hydrogen (secondary N) is 2. The second-order valence-electron chi connectivity index (χ2n) is 9.56. The largest absolute Gasteiger partial charge is 0.312 e. The Morgan fingerprint density at radius 2 is 2.00 bits per heavy atom. The van der Waals surface area contributed by atoms with Crippen molar-refractivity contribution in [2.24, 2.45) is 5.92 Å². The minimum atomic E-state index is -0.517. The SMILES string of the molecule is Cc1cccc(N2CC(C(=O)Nc3cc(-c4cccs4)nn3-c3nc4c(c(=O)[nH]3)CCCC4)CC2=O)c1. The molecular formula is C27H26N6O3S. The maximum atomic E-state index is 13.4. The van der Waals surface area contributed by atoms with Crippen LogP contribution in [0.4, 0.5) is 11.5 Å². The molecule has 1 aliphatic heterocycles. The van der Waals surface area contributed by atoms with Crippen molar-refractivity contribution in [3.63, 3.8) is 0 Å². The molecule has 37 heavy (non-hydrogen) atoms. The third kappa shape index (κ3) is 4.48. The number of aryl methyl sites for hydroxylation is 2. The predicted molar refractivity (Wildman–Crippen MR) is 142 cm³/mol.